The second kappa shape index (κ2) is 7.47. The summed E-state index contributed by atoms with van der Waals surface area (Å²) in [5, 5.41) is 0. The molecule has 28 heavy (non-hydrogen) atoms. The maximum Gasteiger partial charge on any atom is 0.197 e. The minimum Gasteiger partial charge on any atom is -0.496 e. The van der Waals surface area contributed by atoms with Crippen molar-refractivity contribution < 1.29 is 13.9 Å². The van der Waals surface area contributed by atoms with Crippen molar-refractivity contribution in [3.63, 3.8) is 0 Å². The molecule has 1 aliphatic rings. The van der Waals surface area contributed by atoms with E-state index in [1.54, 1.807) is 38.7 Å². The number of halogens is 1. The maximum atomic E-state index is 14.4. The first-order valence-electron chi connectivity index (χ1n) is 8.89. The Balaban J connectivity index is 1.71. The highest BCUT2D eigenvalue weighted by atomic mass is 19.1. The maximum absolute atomic E-state index is 14.4. The summed E-state index contributed by atoms with van der Waals surface area (Å²) in [6.07, 6.45) is 5.28. The highest BCUT2D eigenvalue weighted by molar-refractivity contribution is 5.57. The number of methoxy groups -OCH3 is 2. The first-order valence-corrected chi connectivity index (χ1v) is 8.89. The number of hydrogen-bond acceptors (Lipinski definition) is 7. The zero-order chi connectivity index (χ0) is 19.7. The normalized spacial score (nSPS) is 16.0. The van der Waals surface area contributed by atoms with Crippen LogP contribution in [0.4, 0.5) is 10.1 Å². The summed E-state index contributed by atoms with van der Waals surface area (Å²) in [4.78, 5) is 19.4. The molecule has 1 aromatic carbocycles. The predicted octanol–water partition coefficient (Wildman–Crippen LogP) is 3.10. The third kappa shape index (κ3) is 3.16. The van der Waals surface area contributed by atoms with Gasteiger partial charge in [-0.25, -0.2) is 24.3 Å². The number of benzene rings is 1. The van der Waals surface area contributed by atoms with Crippen LogP contribution in [0.5, 0.6) is 5.75 Å². The quantitative estimate of drug-likeness (QED) is 0.687. The second-order valence-corrected chi connectivity index (χ2v) is 6.45. The molecule has 0 radical (unpaired) electrons. The predicted molar refractivity (Wildman–Crippen MR) is 102 cm³/mol. The number of rotatable bonds is 4. The lowest BCUT2D eigenvalue weighted by Crippen LogP contribution is -2.37. The van der Waals surface area contributed by atoms with Crippen LogP contribution in [0, 0.1) is 12.7 Å². The van der Waals surface area contributed by atoms with Gasteiger partial charge in [-0.05, 0) is 19.1 Å². The van der Waals surface area contributed by atoms with Gasteiger partial charge < -0.3 is 14.4 Å². The van der Waals surface area contributed by atoms with E-state index in [0.29, 0.717) is 41.6 Å². The third-order valence-electron chi connectivity index (χ3n) is 4.86. The molecule has 1 unspecified atom stereocenters. The number of hydrogen-bond donors (Lipinski definition) is 0. The molecule has 0 N–H and O–H groups in total. The molecule has 3 aromatic rings. The topological polar surface area (TPSA) is 73.3 Å². The fourth-order valence-electron chi connectivity index (χ4n) is 3.40. The Bertz CT molecular complexity index is 999. The van der Waals surface area contributed by atoms with Gasteiger partial charge in [0, 0.05) is 61.5 Å². The SMILES string of the molecule is COc1cc(N2CCc3nc(-c4ncccn4)ncc3C2OC)cc(F)c1C. The van der Waals surface area contributed by atoms with E-state index in [1.165, 1.54) is 13.2 Å². The van der Waals surface area contributed by atoms with E-state index >= 15 is 0 Å². The van der Waals surface area contributed by atoms with Gasteiger partial charge in [-0.15, -0.1) is 0 Å². The van der Waals surface area contributed by atoms with Gasteiger partial charge in [0.25, 0.3) is 0 Å². The standard InChI is InChI=1S/C20H20FN5O2/c1-12-15(21)9-13(10-17(12)27-2)26-8-5-16-14(20(26)28-3)11-24-19(25-16)18-22-6-4-7-23-18/h4,6-7,9-11,20H,5,8H2,1-3H3. The van der Waals surface area contributed by atoms with E-state index in [9.17, 15) is 4.39 Å². The minimum absolute atomic E-state index is 0.317. The van der Waals surface area contributed by atoms with Crippen molar-refractivity contribution in [2.45, 2.75) is 19.6 Å². The molecule has 0 amide bonds. The lowest BCUT2D eigenvalue weighted by Gasteiger charge is -2.37. The van der Waals surface area contributed by atoms with E-state index < -0.39 is 6.23 Å². The molecule has 0 spiro atoms. The summed E-state index contributed by atoms with van der Waals surface area (Å²) in [5.41, 5.74) is 2.88. The van der Waals surface area contributed by atoms with Gasteiger partial charge >= 0.3 is 0 Å². The number of anilines is 1. The van der Waals surface area contributed by atoms with Crippen LogP contribution in [0.3, 0.4) is 0 Å². The van der Waals surface area contributed by atoms with Crippen molar-refractivity contribution in [3.8, 4) is 17.4 Å². The minimum atomic E-state index is -0.429. The fourth-order valence-corrected chi connectivity index (χ4v) is 3.40. The van der Waals surface area contributed by atoms with Crippen LogP contribution in [0.15, 0.2) is 36.8 Å². The molecule has 2 aromatic heterocycles. The molecule has 4 rings (SSSR count). The van der Waals surface area contributed by atoms with Gasteiger partial charge in [0.2, 0.25) is 0 Å². The second-order valence-electron chi connectivity index (χ2n) is 6.45. The fraction of sp³-hybridized carbons (Fsp3) is 0.300. The summed E-state index contributed by atoms with van der Waals surface area (Å²) >= 11 is 0. The van der Waals surface area contributed by atoms with Gasteiger partial charge in [-0.3, -0.25) is 0 Å². The van der Waals surface area contributed by atoms with Crippen molar-refractivity contribution in [3.05, 3.63) is 59.4 Å². The molecule has 0 bridgehead atoms. The van der Waals surface area contributed by atoms with E-state index in [4.69, 9.17) is 9.47 Å². The molecule has 1 atom stereocenters. The monoisotopic (exact) mass is 381 g/mol. The summed E-state index contributed by atoms with van der Waals surface area (Å²) in [7, 11) is 3.15. The number of fused-ring (bicyclic) bond motifs is 1. The highest BCUT2D eigenvalue weighted by Gasteiger charge is 2.30. The molecule has 1 aliphatic heterocycles. The summed E-state index contributed by atoms with van der Waals surface area (Å²) in [6.45, 7) is 2.31. The van der Waals surface area contributed by atoms with Crippen LogP contribution in [0.2, 0.25) is 0 Å². The smallest absolute Gasteiger partial charge is 0.197 e. The van der Waals surface area contributed by atoms with Crippen molar-refractivity contribution in [2.24, 2.45) is 0 Å². The van der Waals surface area contributed by atoms with Crippen LogP contribution in [-0.4, -0.2) is 40.7 Å². The van der Waals surface area contributed by atoms with Gasteiger partial charge in [0.1, 0.15) is 11.6 Å². The van der Waals surface area contributed by atoms with Crippen LogP contribution < -0.4 is 9.64 Å². The van der Waals surface area contributed by atoms with Crippen molar-refractivity contribution in [1.82, 2.24) is 19.9 Å². The van der Waals surface area contributed by atoms with Gasteiger partial charge in [-0.2, -0.15) is 0 Å². The third-order valence-corrected chi connectivity index (χ3v) is 4.86. The van der Waals surface area contributed by atoms with Gasteiger partial charge in [0.05, 0.1) is 12.8 Å². The average Bonchev–Trinajstić information content (AvgIpc) is 2.75. The van der Waals surface area contributed by atoms with Crippen LogP contribution in [0.25, 0.3) is 11.6 Å². The Hall–Kier alpha value is -3.13. The molecule has 8 heteroatoms. The Labute approximate surface area is 162 Å². The van der Waals surface area contributed by atoms with E-state index in [1.807, 2.05) is 11.0 Å². The van der Waals surface area contributed by atoms with Crippen molar-refractivity contribution in [2.75, 3.05) is 25.7 Å². The van der Waals surface area contributed by atoms with Crippen LogP contribution >= 0.6 is 0 Å². The highest BCUT2D eigenvalue weighted by Crippen LogP contribution is 2.36. The summed E-state index contributed by atoms with van der Waals surface area (Å²) in [6, 6.07) is 5.07. The summed E-state index contributed by atoms with van der Waals surface area (Å²) < 4.78 is 25.4. The molecule has 0 saturated heterocycles. The molecular weight excluding hydrogens is 361 g/mol. The zero-order valence-electron chi connectivity index (χ0n) is 15.9. The molecule has 3 heterocycles. The number of ether oxygens (including phenoxy) is 2. The molecule has 0 aliphatic carbocycles. The number of aromatic nitrogens is 4. The molecule has 0 saturated carbocycles. The molecule has 0 fully saturated rings. The first-order chi connectivity index (χ1) is 13.6. The van der Waals surface area contributed by atoms with Gasteiger partial charge in [-0.1, -0.05) is 0 Å². The molecule has 144 valence electrons. The zero-order valence-corrected chi connectivity index (χ0v) is 15.9. The Morgan fingerprint density at radius 3 is 2.61 bits per heavy atom. The number of nitrogens with zero attached hydrogens (tertiary/aromatic N) is 5. The molecular formula is C20H20FN5O2. The van der Waals surface area contributed by atoms with E-state index in [2.05, 4.69) is 19.9 Å². The van der Waals surface area contributed by atoms with Gasteiger partial charge in [0.15, 0.2) is 17.9 Å². The van der Waals surface area contributed by atoms with Crippen molar-refractivity contribution in [1.29, 1.82) is 0 Å². The van der Waals surface area contributed by atoms with E-state index in [-0.39, 0.29) is 5.82 Å². The summed E-state index contributed by atoms with van der Waals surface area (Å²) in [5.74, 6) is 1.14. The molecule has 7 nitrogen and oxygen atoms in total. The van der Waals surface area contributed by atoms with E-state index in [0.717, 1.165) is 11.3 Å². The lowest BCUT2D eigenvalue weighted by molar-refractivity contribution is 0.0933. The average molecular weight is 381 g/mol. The largest absolute Gasteiger partial charge is 0.496 e. The van der Waals surface area contributed by atoms with Crippen LogP contribution in [-0.2, 0) is 11.2 Å². The van der Waals surface area contributed by atoms with Crippen molar-refractivity contribution >= 4 is 5.69 Å². The van der Waals surface area contributed by atoms with Crippen LogP contribution in [0.1, 0.15) is 23.0 Å². The first kappa shape index (κ1) is 18.2. The Morgan fingerprint density at radius 2 is 1.89 bits per heavy atom. The Morgan fingerprint density at radius 1 is 1.11 bits per heavy atom. The Kier molecular flexibility index (Phi) is 4.87. The lowest BCUT2D eigenvalue weighted by atomic mass is 10.0.